The number of amides is 1. The summed E-state index contributed by atoms with van der Waals surface area (Å²) in [6, 6.07) is 10.3. The molecule has 4 N–H and O–H groups in total. The number of ether oxygens (including phenoxy) is 1. The highest BCUT2D eigenvalue weighted by molar-refractivity contribution is 6.39. The predicted octanol–water partition coefficient (Wildman–Crippen LogP) is 3.45. The van der Waals surface area contributed by atoms with Crippen molar-refractivity contribution >= 4 is 46.3 Å². The highest BCUT2D eigenvalue weighted by Crippen LogP contribution is 2.29. The van der Waals surface area contributed by atoms with E-state index in [0.29, 0.717) is 38.3 Å². The van der Waals surface area contributed by atoms with Gasteiger partial charge < -0.3 is 21.0 Å². The van der Waals surface area contributed by atoms with Crippen LogP contribution in [0.1, 0.15) is 17.5 Å². The zero-order valence-electron chi connectivity index (χ0n) is 15.4. The monoisotopic (exact) mass is 422 g/mol. The summed E-state index contributed by atoms with van der Waals surface area (Å²) < 4.78 is 5.12. The standard InChI is InChI=1S/C19H20Cl2N4O3/c1-27-13-5-3-12(4-6-13)16(25-28-2)10-18(26)24-17(22)9-11-7-14(20)19(23)15(21)8-11/h3-8H,9-10,23H2,1-2H3,(H2,22,24,26)/b25-16+. The van der Waals surface area contributed by atoms with Gasteiger partial charge in [0.1, 0.15) is 18.7 Å². The average Bonchev–Trinajstić information content (AvgIpc) is 2.65. The van der Waals surface area contributed by atoms with Crippen LogP contribution in [0.3, 0.4) is 0 Å². The number of anilines is 1. The van der Waals surface area contributed by atoms with E-state index < -0.39 is 5.91 Å². The van der Waals surface area contributed by atoms with E-state index in [-0.39, 0.29) is 18.7 Å². The van der Waals surface area contributed by atoms with Gasteiger partial charge in [-0.1, -0.05) is 28.4 Å². The van der Waals surface area contributed by atoms with Gasteiger partial charge in [0.05, 0.1) is 35.0 Å². The first kappa shape index (κ1) is 21.5. The molecule has 0 heterocycles. The van der Waals surface area contributed by atoms with Gasteiger partial charge in [-0.3, -0.25) is 4.79 Å². The molecule has 0 fully saturated rings. The number of aliphatic imine (C=N–C) groups is 1. The van der Waals surface area contributed by atoms with Crippen molar-refractivity contribution < 1.29 is 14.4 Å². The maximum atomic E-state index is 12.3. The summed E-state index contributed by atoms with van der Waals surface area (Å²) in [5.41, 5.74) is 13.7. The third-order valence-electron chi connectivity index (χ3n) is 3.74. The summed E-state index contributed by atoms with van der Waals surface area (Å²) in [5, 5.41) is 4.54. The molecule has 0 aromatic heterocycles. The molecule has 0 radical (unpaired) electrons. The summed E-state index contributed by atoms with van der Waals surface area (Å²) in [4.78, 5) is 21.1. The number of oxime groups is 1. The molecule has 28 heavy (non-hydrogen) atoms. The molecule has 0 saturated carbocycles. The number of nitrogen functional groups attached to an aromatic ring is 1. The number of hydrogen-bond donors (Lipinski definition) is 2. The van der Waals surface area contributed by atoms with E-state index in [4.69, 9.17) is 44.2 Å². The maximum Gasteiger partial charge on any atom is 0.253 e. The topological polar surface area (TPSA) is 112 Å². The molecule has 1 amide bonds. The minimum atomic E-state index is -0.461. The Hall–Kier alpha value is -2.77. The SMILES string of the molecule is CO/N=C(\CC(=O)N=C(N)Cc1cc(Cl)c(N)c(Cl)c1)c1ccc(OC)cc1. The Balaban J connectivity index is 2.11. The lowest BCUT2D eigenvalue weighted by atomic mass is 10.1. The van der Waals surface area contributed by atoms with E-state index in [9.17, 15) is 4.79 Å². The third-order valence-corrected chi connectivity index (χ3v) is 4.36. The first-order valence-electron chi connectivity index (χ1n) is 8.17. The van der Waals surface area contributed by atoms with Crippen molar-refractivity contribution in [2.45, 2.75) is 12.8 Å². The highest BCUT2D eigenvalue weighted by atomic mass is 35.5. The number of carbonyl (C=O) groups is 1. The molecule has 0 aliphatic carbocycles. The van der Waals surface area contributed by atoms with Crippen LogP contribution in [0.4, 0.5) is 5.69 Å². The normalized spacial score (nSPS) is 12.0. The first-order chi connectivity index (χ1) is 13.3. The molecule has 0 atom stereocenters. The Morgan fingerprint density at radius 3 is 2.25 bits per heavy atom. The van der Waals surface area contributed by atoms with Gasteiger partial charge in [0, 0.05) is 12.0 Å². The Morgan fingerprint density at radius 1 is 1.11 bits per heavy atom. The number of halogens is 2. The van der Waals surface area contributed by atoms with Gasteiger partial charge in [0.15, 0.2) is 0 Å². The van der Waals surface area contributed by atoms with Crippen LogP contribution in [0.25, 0.3) is 0 Å². The lowest BCUT2D eigenvalue weighted by Crippen LogP contribution is -2.19. The van der Waals surface area contributed by atoms with Crippen molar-refractivity contribution in [3.8, 4) is 5.75 Å². The van der Waals surface area contributed by atoms with Crippen LogP contribution in [0.15, 0.2) is 46.5 Å². The second kappa shape index (κ2) is 9.96. The Labute approximate surface area is 172 Å². The molecule has 0 aliphatic rings. The Morgan fingerprint density at radius 2 is 1.71 bits per heavy atom. The zero-order chi connectivity index (χ0) is 20.7. The van der Waals surface area contributed by atoms with Crippen LogP contribution in [-0.2, 0) is 16.1 Å². The van der Waals surface area contributed by atoms with E-state index in [1.807, 2.05) is 0 Å². The van der Waals surface area contributed by atoms with Crippen LogP contribution < -0.4 is 16.2 Å². The predicted molar refractivity (Wildman–Crippen MR) is 112 cm³/mol. The molecule has 2 rings (SSSR count). The van der Waals surface area contributed by atoms with E-state index in [0.717, 1.165) is 0 Å². The molecule has 0 spiro atoms. The van der Waals surface area contributed by atoms with Crippen LogP contribution in [0.5, 0.6) is 5.75 Å². The number of benzene rings is 2. The van der Waals surface area contributed by atoms with Gasteiger partial charge in [-0.05, 0) is 42.0 Å². The number of rotatable bonds is 7. The minimum Gasteiger partial charge on any atom is -0.497 e. The quantitative estimate of drug-likeness (QED) is 0.307. The van der Waals surface area contributed by atoms with Gasteiger partial charge in [-0.15, -0.1) is 0 Å². The van der Waals surface area contributed by atoms with Gasteiger partial charge in [-0.2, -0.15) is 0 Å². The Kier molecular flexibility index (Phi) is 7.66. The third kappa shape index (κ3) is 5.87. The van der Waals surface area contributed by atoms with Crippen molar-refractivity contribution in [3.63, 3.8) is 0 Å². The fourth-order valence-corrected chi connectivity index (χ4v) is 2.94. The van der Waals surface area contributed by atoms with Crippen molar-refractivity contribution in [2.75, 3.05) is 20.0 Å². The van der Waals surface area contributed by atoms with Gasteiger partial charge >= 0.3 is 0 Å². The lowest BCUT2D eigenvalue weighted by molar-refractivity contribution is -0.116. The van der Waals surface area contributed by atoms with Crippen molar-refractivity contribution in [1.29, 1.82) is 0 Å². The average molecular weight is 423 g/mol. The largest absolute Gasteiger partial charge is 0.497 e. The molecule has 0 aliphatic heterocycles. The molecule has 2 aromatic rings. The molecule has 0 saturated heterocycles. The number of hydrogen-bond acceptors (Lipinski definition) is 5. The molecular weight excluding hydrogens is 403 g/mol. The first-order valence-corrected chi connectivity index (χ1v) is 8.93. The minimum absolute atomic E-state index is 0.0792. The molecule has 7 nitrogen and oxygen atoms in total. The molecule has 148 valence electrons. The maximum absolute atomic E-state index is 12.3. The second-order valence-corrected chi connectivity index (χ2v) is 6.59. The van der Waals surface area contributed by atoms with Crippen LogP contribution >= 0.6 is 23.2 Å². The second-order valence-electron chi connectivity index (χ2n) is 5.77. The molecule has 0 unspecified atom stereocenters. The van der Waals surface area contributed by atoms with E-state index in [1.165, 1.54) is 7.11 Å². The van der Waals surface area contributed by atoms with E-state index >= 15 is 0 Å². The van der Waals surface area contributed by atoms with Crippen LogP contribution in [0.2, 0.25) is 10.0 Å². The zero-order valence-corrected chi connectivity index (χ0v) is 16.9. The summed E-state index contributed by atoms with van der Waals surface area (Å²) >= 11 is 12.0. The fraction of sp³-hybridized carbons (Fsp3) is 0.211. The van der Waals surface area contributed by atoms with Crippen molar-refractivity contribution in [3.05, 3.63) is 57.6 Å². The van der Waals surface area contributed by atoms with Crippen molar-refractivity contribution in [1.82, 2.24) is 0 Å². The van der Waals surface area contributed by atoms with Crippen LogP contribution in [0, 0.1) is 0 Å². The molecule has 0 bridgehead atoms. The van der Waals surface area contributed by atoms with Gasteiger partial charge in [-0.25, -0.2) is 4.99 Å². The Bertz CT molecular complexity index is 889. The smallest absolute Gasteiger partial charge is 0.253 e. The van der Waals surface area contributed by atoms with Gasteiger partial charge in [0.25, 0.3) is 5.91 Å². The molecular formula is C19H20Cl2N4O3. The number of methoxy groups -OCH3 is 1. The number of amidine groups is 1. The summed E-state index contributed by atoms with van der Waals surface area (Å²) in [6.07, 6.45) is 0.120. The lowest BCUT2D eigenvalue weighted by Gasteiger charge is -2.07. The number of nitrogens with zero attached hydrogens (tertiary/aromatic N) is 2. The molecule has 9 heteroatoms. The summed E-state index contributed by atoms with van der Waals surface area (Å²) in [6.45, 7) is 0. The highest BCUT2D eigenvalue weighted by Gasteiger charge is 2.12. The summed E-state index contributed by atoms with van der Waals surface area (Å²) in [7, 11) is 2.97. The summed E-state index contributed by atoms with van der Waals surface area (Å²) in [5.74, 6) is 0.347. The number of nitrogens with two attached hydrogens (primary N) is 2. The fourth-order valence-electron chi connectivity index (χ4n) is 2.41. The van der Waals surface area contributed by atoms with Crippen molar-refractivity contribution in [2.24, 2.45) is 15.9 Å². The van der Waals surface area contributed by atoms with E-state index in [1.54, 1.807) is 43.5 Å². The van der Waals surface area contributed by atoms with Crippen LogP contribution in [-0.4, -0.2) is 31.7 Å². The number of carbonyl (C=O) groups excluding carboxylic acids is 1. The van der Waals surface area contributed by atoms with Gasteiger partial charge in [0.2, 0.25) is 0 Å². The molecule has 2 aromatic carbocycles. The van der Waals surface area contributed by atoms with E-state index in [2.05, 4.69) is 10.1 Å².